The third-order valence-electron chi connectivity index (χ3n) is 7.34. The fraction of sp³-hybridized carbons (Fsp3) is 0.481. The highest BCUT2D eigenvalue weighted by atomic mass is 16.7. The zero-order valence-corrected chi connectivity index (χ0v) is 20.9. The Morgan fingerprint density at radius 1 is 1.19 bits per heavy atom. The molecule has 2 fully saturated rings. The molecule has 2 aromatic heterocycles. The van der Waals surface area contributed by atoms with Crippen molar-refractivity contribution in [2.24, 2.45) is 11.8 Å². The van der Waals surface area contributed by atoms with Gasteiger partial charge in [-0.25, -0.2) is 9.97 Å². The number of piperidine rings is 1. The average Bonchev–Trinajstić information content (AvgIpc) is 3.45. The largest absolute Gasteiger partial charge is 0.492 e. The summed E-state index contributed by atoms with van der Waals surface area (Å²) in [5.74, 6) is 2.66. The van der Waals surface area contributed by atoms with Crippen LogP contribution in [-0.2, 0) is 4.79 Å². The van der Waals surface area contributed by atoms with Crippen molar-refractivity contribution in [3.63, 3.8) is 0 Å². The summed E-state index contributed by atoms with van der Waals surface area (Å²) in [6.07, 6.45) is 7.93. The maximum Gasteiger partial charge on any atom is 0.255 e. The van der Waals surface area contributed by atoms with Crippen LogP contribution < -0.4 is 19.5 Å². The van der Waals surface area contributed by atoms with E-state index in [9.17, 15) is 9.59 Å². The number of nitrogens with zero attached hydrogens (tertiary/aromatic N) is 3. The van der Waals surface area contributed by atoms with Crippen LogP contribution in [0, 0.1) is 11.8 Å². The summed E-state index contributed by atoms with van der Waals surface area (Å²) in [5.41, 5.74) is 2.89. The number of hydrogen-bond acceptors (Lipinski definition) is 7. The lowest BCUT2D eigenvalue weighted by Crippen LogP contribution is -2.43. The van der Waals surface area contributed by atoms with Gasteiger partial charge in [-0.05, 0) is 49.7 Å². The van der Waals surface area contributed by atoms with Crippen LogP contribution in [0.15, 0.2) is 24.7 Å². The van der Waals surface area contributed by atoms with Crippen molar-refractivity contribution >= 4 is 22.8 Å². The van der Waals surface area contributed by atoms with Crippen LogP contribution in [0.25, 0.3) is 22.3 Å². The van der Waals surface area contributed by atoms with E-state index in [1.165, 1.54) is 19.2 Å². The van der Waals surface area contributed by atoms with E-state index in [0.717, 1.165) is 19.4 Å². The predicted molar refractivity (Wildman–Crippen MR) is 136 cm³/mol. The molecule has 1 saturated heterocycles. The van der Waals surface area contributed by atoms with Crippen LogP contribution in [0.1, 0.15) is 49.4 Å². The summed E-state index contributed by atoms with van der Waals surface area (Å²) in [5, 5.41) is 3.05. The Balaban J connectivity index is 1.25. The van der Waals surface area contributed by atoms with Crippen LogP contribution in [0.5, 0.6) is 17.2 Å². The smallest absolute Gasteiger partial charge is 0.255 e. The molecule has 1 unspecified atom stereocenters. The van der Waals surface area contributed by atoms with Gasteiger partial charge in [0.15, 0.2) is 11.5 Å². The van der Waals surface area contributed by atoms with Crippen LogP contribution in [0.4, 0.5) is 0 Å². The molecule has 10 nitrogen and oxygen atoms in total. The molecular formula is C27H31N5O5. The second-order valence-corrected chi connectivity index (χ2v) is 9.99. The fourth-order valence-corrected chi connectivity index (χ4v) is 5.11. The first-order valence-electron chi connectivity index (χ1n) is 13.1. The average molecular weight is 506 g/mol. The van der Waals surface area contributed by atoms with E-state index in [-0.39, 0.29) is 24.5 Å². The van der Waals surface area contributed by atoms with E-state index in [4.69, 9.17) is 14.2 Å². The van der Waals surface area contributed by atoms with Gasteiger partial charge >= 0.3 is 0 Å². The number of nitrogens with one attached hydrogen (secondary N) is 2. The fourth-order valence-electron chi connectivity index (χ4n) is 5.11. The van der Waals surface area contributed by atoms with Gasteiger partial charge in [-0.15, -0.1) is 0 Å². The van der Waals surface area contributed by atoms with Crippen molar-refractivity contribution in [2.45, 2.75) is 39.0 Å². The van der Waals surface area contributed by atoms with Crippen molar-refractivity contribution in [1.82, 2.24) is 25.2 Å². The Hall–Kier alpha value is -3.82. The predicted octanol–water partition coefficient (Wildman–Crippen LogP) is 3.52. The van der Waals surface area contributed by atoms with Gasteiger partial charge in [-0.1, -0.05) is 6.92 Å². The highest BCUT2D eigenvalue weighted by molar-refractivity contribution is 6.08. The molecule has 1 aromatic carbocycles. The number of ether oxygens (including phenoxy) is 3. The molecule has 0 spiro atoms. The van der Waals surface area contributed by atoms with E-state index >= 15 is 0 Å². The highest BCUT2D eigenvalue weighted by Crippen LogP contribution is 2.48. The molecule has 4 heterocycles. The second-order valence-electron chi connectivity index (χ2n) is 9.99. The van der Waals surface area contributed by atoms with Crippen LogP contribution in [0.2, 0.25) is 0 Å². The minimum Gasteiger partial charge on any atom is -0.492 e. The lowest BCUT2D eigenvalue weighted by Gasteiger charge is -2.32. The lowest BCUT2D eigenvalue weighted by molar-refractivity contribution is -0.132. The summed E-state index contributed by atoms with van der Waals surface area (Å²) in [6.45, 7) is 4.63. The molecule has 194 valence electrons. The normalized spacial score (nSPS) is 18.7. The zero-order chi connectivity index (χ0) is 25.4. The lowest BCUT2D eigenvalue weighted by atomic mass is 9.97. The molecule has 1 saturated carbocycles. The van der Waals surface area contributed by atoms with Crippen LogP contribution >= 0.6 is 0 Å². The number of H-pyrrole nitrogens is 1. The number of rotatable bonds is 8. The van der Waals surface area contributed by atoms with Crippen molar-refractivity contribution < 1.29 is 23.8 Å². The van der Waals surface area contributed by atoms with Gasteiger partial charge in [0.05, 0.1) is 23.3 Å². The molecule has 1 aliphatic carbocycles. The molecule has 2 amide bonds. The molecule has 37 heavy (non-hydrogen) atoms. The van der Waals surface area contributed by atoms with Crippen molar-refractivity contribution in [3.8, 4) is 28.5 Å². The third kappa shape index (κ3) is 4.68. The van der Waals surface area contributed by atoms with Crippen LogP contribution in [0.3, 0.4) is 0 Å². The van der Waals surface area contributed by atoms with Crippen molar-refractivity contribution in [1.29, 1.82) is 0 Å². The van der Waals surface area contributed by atoms with Crippen LogP contribution in [-0.4, -0.2) is 64.7 Å². The van der Waals surface area contributed by atoms with Gasteiger partial charge in [0.25, 0.3) is 5.91 Å². The standard InChI is InChI=1S/C27H31N5O5/c1-2-21(33)32-9-3-4-17(12-32)10-29-27(34)18-11-28-25-23(18)30-14-31-24(25)22-19(35-13-16-5-6-16)7-8-20-26(22)37-15-36-20/h7-8,11,14,16-17,28H,2-6,9-10,12-13,15H2,1H3,(H,29,34). The quantitative estimate of drug-likeness (QED) is 0.481. The van der Waals surface area contributed by atoms with Crippen molar-refractivity contribution in [2.75, 3.05) is 33.0 Å². The zero-order valence-electron chi connectivity index (χ0n) is 20.9. The molecular weight excluding hydrogens is 474 g/mol. The highest BCUT2D eigenvalue weighted by Gasteiger charge is 2.29. The number of aromatic nitrogens is 3. The number of amides is 2. The Kier molecular flexibility index (Phi) is 6.31. The number of aromatic amines is 1. The number of benzene rings is 1. The topological polar surface area (TPSA) is 119 Å². The minimum absolute atomic E-state index is 0.128. The summed E-state index contributed by atoms with van der Waals surface area (Å²) in [6, 6.07) is 3.73. The summed E-state index contributed by atoms with van der Waals surface area (Å²) >= 11 is 0. The monoisotopic (exact) mass is 505 g/mol. The minimum atomic E-state index is -0.210. The van der Waals surface area contributed by atoms with E-state index in [2.05, 4.69) is 20.3 Å². The first kappa shape index (κ1) is 23.6. The Morgan fingerprint density at radius 3 is 2.92 bits per heavy atom. The third-order valence-corrected chi connectivity index (χ3v) is 7.34. The molecule has 6 rings (SSSR count). The van der Waals surface area contributed by atoms with E-state index in [0.29, 0.717) is 77.1 Å². The van der Waals surface area contributed by atoms with Gasteiger partial charge in [-0.3, -0.25) is 9.59 Å². The van der Waals surface area contributed by atoms with Gasteiger partial charge in [-0.2, -0.15) is 0 Å². The summed E-state index contributed by atoms with van der Waals surface area (Å²) < 4.78 is 17.6. The van der Waals surface area contributed by atoms with Gasteiger partial charge in [0, 0.05) is 32.3 Å². The molecule has 1 atom stereocenters. The Bertz CT molecular complexity index is 1330. The SMILES string of the molecule is CCC(=O)N1CCCC(CNC(=O)c2c[nH]c3c(-c4c(OCC5CC5)ccc5c4OCO5)ncnc23)C1. The number of carbonyl (C=O) groups excluding carboxylic acids is 2. The van der Waals surface area contributed by atoms with E-state index in [1.54, 1.807) is 6.20 Å². The van der Waals surface area contributed by atoms with Gasteiger partial charge < -0.3 is 29.4 Å². The number of hydrogen-bond donors (Lipinski definition) is 2. The summed E-state index contributed by atoms with van der Waals surface area (Å²) in [4.78, 5) is 39.4. The second kappa shape index (κ2) is 9.91. The van der Waals surface area contributed by atoms with Crippen molar-refractivity contribution in [3.05, 3.63) is 30.2 Å². The molecule has 10 heteroatoms. The molecule has 0 radical (unpaired) electrons. The molecule has 2 aliphatic heterocycles. The van der Waals surface area contributed by atoms with E-state index in [1.807, 2.05) is 24.0 Å². The first-order valence-corrected chi connectivity index (χ1v) is 13.1. The Morgan fingerprint density at radius 2 is 2.08 bits per heavy atom. The maximum atomic E-state index is 13.2. The molecule has 3 aromatic rings. The molecule has 2 N–H and O–H groups in total. The Labute approximate surface area is 214 Å². The first-order chi connectivity index (χ1) is 18.1. The van der Waals surface area contributed by atoms with Gasteiger partial charge in [0.2, 0.25) is 12.7 Å². The number of likely N-dealkylation sites (tertiary alicyclic amines) is 1. The summed E-state index contributed by atoms with van der Waals surface area (Å²) in [7, 11) is 0. The molecule has 0 bridgehead atoms. The molecule has 3 aliphatic rings. The number of carbonyl (C=O) groups is 2. The van der Waals surface area contributed by atoms with E-state index < -0.39 is 0 Å². The maximum absolute atomic E-state index is 13.2. The number of fused-ring (bicyclic) bond motifs is 2. The van der Waals surface area contributed by atoms with Gasteiger partial charge in [0.1, 0.15) is 23.3 Å².